The molecule has 0 amide bonds. The molecular weight excluding hydrogens is 728 g/mol. The lowest BCUT2D eigenvalue weighted by Gasteiger charge is -2.16. The number of Topliss-reactive ketones (excluding diaryl/α,β-unsaturated/α-hetero) is 1. The average Bonchev–Trinajstić information content (AvgIpc) is 3.20. The number of carbonyl (C=O) groups is 5. The number of unbranched alkanes of at least 4 members (excludes halogenated alkanes) is 10. The third-order valence-corrected chi connectivity index (χ3v) is 9.03. The number of hydrogen-bond donors (Lipinski definition) is 0. The second kappa shape index (κ2) is 24.7. The van der Waals surface area contributed by atoms with Crippen molar-refractivity contribution in [3.05, 3.63) is 108 Å². The van der Waals surface area contributed by atoms with E-state index >= 15 is 0 Å². The summed E-state index contributed by atoms with van der Waals surface area (Å²) in [6.45, 7) is 13.5. The smallest absolute Gasteiger partial charge is 0.343 e. The SMILES string of the molecule is C=C(C)C(=O)OCOc1ccc(C(=O)Oc2ccc(OC(=O)c3ccc(OCOC(=O)C(=C)C)cc3)c(C(=O)C(C)CCCCCCCCCCCCC)c2)cc1. The van der Waals surface area contributed by atoms with Crippen molar-refractivity contribution in [3.8, 4) is 23.0 Å². The van der Waals surface area contributed by atoms with Crippen LogP contribution in [0.5, 0.6) is 23.0 Å². The highest BCUT2D eigenvalue weighted by Crippen LogP contribution is 2.30. The summed E-state index contributed by atoms with van der Waals surface area (Å²) in [5, 5.41) is 0. The molecule has 306 valence electrons. The molecule has 0 saturated carbocycles. The van der Waals surface area contributed by atoms with Crippen LogP contribution in [0.4, 0.5) is 0 Å². The van der Waals surface area contributed by atoms with Crippen LogP contribution < -0.4 is 18.9 Å². The summed E-state index contributed by atoms with van der Waals surface area (Å²) < 4.78 is 32.0. The molecule has 0 N–H and O–H groups in total. The van der Waals surface area contributed by atoms with Crippen LogP contribution in [0.3, 0.4) is 0 Å². The van der Waals surface area contributed by atoms with Crippen LogP contribution in [0.25, 0.3) is 0 Å². The Morgan fingerprint density at radius 2 is 0.982 bits per heavy atom. The number of carbonyl (C=O) groups excluding carboxylic acids is 5. The fraction of sp³-hybridized carbons (Fsp3) is 0.413. The van der Waals surface area contributed by atoms with Gasteiger partial charge in [0.25, 0.3) is 0 Å². The fourth-order valence-electron chi connectivity index (χ4n) is 5.61. The molecule has 0 aliphatic rings. The lowest BCUT2D eigenvalue weighted by molar-refractivity contribution is -0.146. The molecule has 0 aliphatic carbocycles. The quantitative estimate of drug-likeness (QED) is 0.0192. The first-order valence-corrected chi connectivity index (χ1v) is 19.6. The molecule has 1 unspecified atom stereocenters. The molecule has 0 aliphatic heterocycles. The number of benzene rings is 3. The maximum absolute atomic E-state index is 13.9. The van der Waals surface area contributed by atoms with Gasteiger partial charge in [0.15, 0.2) is 5.78 Å². The van der Waals surface area contributed by atoms with Gasteiger partial charge in [-0.15, -0.1) is 0 Å². The predicted molar refractivity (Wildman–Crippen MR) is 217 cm³/mol. The zero-order valence-corrected chi connectivity index (χ0v) is 33.7. The van der Waals surface area contributed by atoms with E-state index in [4.69, 9.17) is 28.4 Å². The van der Waals surface area contributed by atoms with Gasteiger partial charge in [-0.25, -0.2) is 19.2 Å². The summed E-state index contributed by atoms with van der Waals surface area (Å²) in [5.41, 5.74) is 0.978. The Morgan fingerprint density at radius 1 is 0.561 bits per heavy atom. The van der Waals surface area contributed by atoms with E-state index < -0.39 is 23.9 Å². The first-order chi connectivity index (χ1) is 27.4. The zero-order chi connectivity index (χ0) is 41.6. The van der Waals surface area contributed by atoms with Gasteiger partial charge in [-0.1, -0.05) is 97.6 Å². The fourth-order valence-corrected chi connectivity index (χ4v) is 5.61. The molecule has 3 aromatic rings. The summed E-state index contributed by atoms with van der Waals surface area (Å²) in [6, 6.07) is 16.3. The number of ketones is 1. The number of hydrogen-bond acceptors (Lipinski definition) is 11. The molecule has 11 nitrogen and oxygen atoms in total. The van der Waals surface area contributed by atoms with Crippen LogP contribution >= 0.6 is 0 Å². The van der Waals surface area contributed by atoms with Crippen molar-refractivity contribution in [2.24, 2.45) is 5.92 Å². The van der Waals surface area contributed by atoms with E-state index in [0.29, 0.717) is 17.9 Å². The van der Waals surface area contributed by atoms with Gasteiger partial charge in [0.2, 0.25) is 13.6 Å². The van der Waals surface area contributed by atoms with Crippen molar-refractivity contribution in [2.75, 3.05) is 13.6 Å². The van der Waals surface area contributed by atoms with Crippen molar-refractivity contribution >= 4 is 29.7 Å². The predicted octanol–water partition coefficient (Wildman–Crippen LogP) is 10.6. The van der Waals surface area contributed by atoms with E-state index in [1.54, 1.807) is 0 Å². The van der Waals surface area contributed by atoms with Gasteiger partial charge in [-0.3, -0.25) is 4.79 Å². The first-order valence-electron chi connectivity index (χ1n) is 19.6. The van der Waals surface area contributed by atoms with Gasteiger partial charge in [0.05, 0.1) is 16.7 Å². The largest absolute Gasteiger partial charge is 0.457 e. The third kappa shape index (κ3) is 16.5. The summed E-state index contributed by atoms with van der Waals surface area (Å²) in [7, 11) is 0. The van der Waals surface area contributed by atoms with E-state index in [2.05, 4.69) is 20.1 Å². The Hall–Kier alpha value is -5.71. The van der Waals surface area contributed by atoms with Crippen LogP contribution in [-0.2, 0) is 19.1 Å². The van der Waals surface area contributed by atoms with Crippen molar-refractivity contribution in [2.45, 2.75) is 105 Å². The monoisotopic (exact) mass is 784 g/mol. The second-order valence-corrected chi connectivity index (χ2v) is 14.0. The minimum absolute atomic E-state index is 0.0245. The molecule has 0 spiro atoms. The Balaban J connectivity index is 1.67. The third-order valence-electron chi connectivity index (χ3n) is 9.03. The lowest BCUT2D eigenvalue weighted by Crippen LogP contribution is -2.17. The van der Waals surface area contributed by atoms with Crippen molar-refractivity contribution in [1.29, 1.82) is 0 Å². The molecule has 3 rings (SSSR count). The second-order valence-electron chi connectivity index (χ2n) is 14.0. The van der Waals surface area contributed by atoms with Gasteiger partial charge in [-0.2, -0.15) is 0 Å². The molecule has 0 saturated heterocycles. The van der Waals surface area contributed by atoms with E-state index in [9.17, 15) is 24.0 Å². The van der Waals surface area contributed by atoms with Crippen molar-refractivity contribution in [1.82, 2.24) is 0 Å². The van der Waals surface area contributed by atoms with Crippen molar-refractivity contribution in [3.63, 3.8) is 0 Å². The molecule has 0 aromatic heterocycles. The minimum Gasteiger partial charge on any atom is -0.457 e. The van der Waals surface area contributed by atoms with Gasteiger partial charge < -0.3 is 28.4 Å². The number of ether oxygens (including phenoxy) is 6. The first kappa shape index (κ1) is 45.7. The minimum atomic E-state index is -0.719. The molecular formula is C46H56O11. The molecule has 11 heteroatoms. The van der Waals surface area contributed by atoms with Gasteiger partial charge in [0, 0.05) is 17.1 Å². The molecule has 0 bridgehead atoms. The highest BCUT2D eigenvalue weighted by atomic mass is 16.7. The van der Waals surface area contributed by atoms with E-state index in [1.165, 1.54) is 132 Å². The summed E-state index contributed by atoms with van der Waals surface area (Å²) in [5.74, 6) is -2.39. The van der Waals surface area contributed by atoms with E-state index in [0.717, 1.165) is 19.3 Å². The molecule has 3 aromatic carbocycles. The molecule has 57 heavy (non-hydrogen) atoms. The van der Waals surface area contributed by atoms with Gasteiger partial charge in [-0.05, 0) is 87.0 Å². The normalized spacial score (nSPS) is 11.2. The topological polar surface area (TPSA) is 141 Å². The highest BCUT2D eigenvalue weighted by Gasteiger charge is 2.23. The van der Waals surface area contributed by atoms with Gasteiger partial charge >= 0.3 is 23.9 Å². The summed E-state index contributed by atoms with van der Waals surface area (Å²) in [4.78, 5) is 63.4. The summed E-state index contributed by atoms with van der Waals surface area (Å²) >= 11 is 0. The Bertz CT molecular complexity index is 1810. The highest BCUT2D eigenvalue weighted by molar-refractivity contribution is 6.02. The molecule has 0 radical (unpaired) electrons. The standard InChI is InChI=1S/C46H56O11/c1-7-8-9-10-11-12-13-14-15-16-17-18-34(6)42(47)40-29-39(56-45(50)35-19-23-37(24-20-35)52-30-54-43(48)32(2)3)27-28-41(40)57-46(51)36-21-25-38(26-22-36)53-31-55-44(49)33(4)5/h19-29,34H,2,4,7-18,30-31H2,1,3,5-6H3. The molecule has 1 atom stereocenters. The zero-order valence-electron chi connectivity index (χ0n) is 33.7. The van der Waals surface area contributed by atoms with Crippen LogP contribution in [0.2, 0.25) is 0 Å². The van der Waals surface area contributed by atoms with Crippen LogP contribution in [-0.4, -0.2) is 43.2 Å². The average molecular weight is 785 g/mol. The lowest BCUT2D eigenvalue weighted by atomic mass is 9.93. The molecule has 0 heterocycles. The van der Waals surface area contributed by atoms with E-state index in [-0.39, 0.29) is 64.6 Å². The molecule has 0 fully saturated rings. The van der Waals surface area contributed by atoms with Crippen LogP contribution in [0.1, 0.15) is 136 Å². The van der Waals surface area contributed by atoms with Gasteiger partial charge in [0.1, 0.15) is 23.0 Å². The Morgan fingerprint density at radius 3 is 1.44 bits per heavy atom. The number of rotatable bonds is 26. The van der Waals surface area contributed by atoms with Crippen LogP contribution in [0.15, 0.2) is 91.0 Å². The number of esters is 4. The maximum Gasteiger partial charge on any atom is 0.343 e. The maximum atomic E-state index is 13.9. The Labute approximate surface area is 336 Å². The van der Waals surface area contributed by atoms with E-state index in [1.807, 2.05) is 6.92 Å². The van der Waals surface area contributed by atoms with Crippen LogP contribution in [0, 0.1) is 5.92 Å². The van der Waals surface area contributed by atoms with Crippen molar-refractivity contribution < 1.29 is 52.4 Å². The Kier molecular flexibility index (Phi) is 19.8. The summed E-state index contributed by atoms with van der Waals surface area (Å²) in [6.07, 6.45) is 13.8.